The van der Waals surface area contributed by atoms with E-state index in [4.69, 9.17) is 9.84 Å². The molecule has 3 nitrogen and oxygen atoms in total. The van der Waals surface area contributed by atoms with Crippen molar-refractivity contribution < 1.29 is 14.6 Å². The first-order valence-corrected chi connectivity index (χ1v) is 13.5. The van der Waals surface area contributed by atoms with Gasteiger partial charge in [-0.2, -0.15) is 0 Å². The third-order valence-corrected chi connectivity index (χ3v) is 8.65. The Morgan fingerprint density at radius 3 is 1.64 bits per heavy atom. The van der Waals surface area contributed by atoms with Crippen LogP contribution in [0.3, 0.4) is 0 Å². The molecule has 0 bridgehead atoms. The summed E-state index contributed by atoms with van der Waals surface area (Å²) in [6.07, 6.45) is 2.82. The third-order valence-electron chi connectivity index (χ3n) is 6.00. The van der Waals surface area contributed by atoms with E-state index in [1.165, 1.54) is 20.9 Å². The highest BCUT2D eigenvalue weighted by molar-refractivity contribution is 8.01. The summed E-state index contributed by atoms with van der Waals surface area (Å²) in [4.78, 5) is 13.8. The Morgan fingerprint density at radius 2 is 1.24 bits per heavy atom. The number of aliphatic carboxylic acids is 1. The van der Waals surface area contributed by atoms with Crippen LogP contribution in [0.15, 0.2) is 58.3 Å². The zero-order chi connectivity index (χ0) is 24.2. The van der Waals surface area contributed by atoms with Crippen LogP contribution < -0.4 is 0 Å². The van der Waals surface area contributed by atoms with E-state index in [0.717, 1.165) is 19.3 Å². The minimum atomic E-state index is -0.898. The number of rotatable bonds is 7. The van der Waals surface area contributed by atoms with Crippen LogP contribution in [0.25, 0.3) is 0 Å². The van der Waals surface area contributed by atoms with Gasteiger partial charge in [0.1, 0.15) is 6.61 Å². The summed E-state index contributed by atoms with van der Waals surface area (Å²) in [5, 5.41) is 9.94. The van der Waals surface area contributed by atoms with Crippen LogP contribution in [-0.2, 0) is 20.4 Å². The van der Waals surface area contributed by atoms with Crippen molar-refractivity contribution in [3.05, 3.63) is 59.7 Å². The van der Waals surface area contributed by atoms with Gasteiger partial charge < -0.3 is 9.84 Å². The summed E-state index contributed by atoms with van der Waals surface area (Å²) in [5.41, 5.74) is 2.89. The maximum atomic E-state index is 11.2. The van der Waals surface area contributed by atoms with Gasteiger partial charge in [0, 0.05) is 20.3 Å². The fraction of sp³-hybridized carbons (Fsp3) is 0.536. The van der Waals surface area contributed by atoms with Gasteiger partial charge in [-0.25, -0.2) is 4.79 Å². The quantitative estimate of drug-likeness (QED) is 0.437. The highest BCUT2D eigenvalue weighted by atomic mass is 32.2. The van der Waals surface area contributed by atoms with Crippen molar-refractivity contribution in [2.75, 3.05) is 6.61 Å². The summed E-state index contributed by atoms with van der Waals surface area (Å²) in [7, 11) is 0. The number of carboxylic acid groups (broad SMARTS) is 1. The SMILES string of the molecule is CC(C)(C)c1ccccc1SC1CC(OCC(=O)O)CC(Sc2ccccc2C(C)(C)C)C1. The Balaban J connectivity index is 1.82. The van der Waals surface area contributed by atoms with E-state index in [0.29, 0.717) is 10.5 Å². The molecule has 0 aromatic heterocycles. The second-order valence-corrected chi connectivity index (χ2v) is 13.7. The fourth-order valence-corrected chi connectivity index (χ4v) is 7.86. The standard InChI is InChI=1S/C28H38O3S2/c1-27(2,3)22-11-7-9-13-24(22)32-20-15-19(31-18-26(29)30)16-21(17-20)33-25-14-10-8-12-23(25)28(4,5)6/h7-14,19-21H,15-18H2,1-6H3,(H,29,30). The van der Waals surface area contributed by atoms with E-state index in [9.17, 15) is 4.79 Å². The summed E-state index contributed by atoms with van der Waals surface area (Å²) < 4.78 is 5.85. The fourth-order valence-electron chi connectivity index (χ4n) is 4.42. The smallest absolute Gasteiger partial charge is 0.329 e. The van der Waals surface area contributed by atoms with Gasteiger partial charge in [0.2, 0.25) is 0 Å². The zero-order valence-electron chi connectivity index (χ0n) is 20.8. The Hall–Kier alpha value is -1.43. The predicted octanol–water partition coefficient (Wildman–Crippen LogP) is 7.56. The topological polar surface area (TPSA) is 46.5 Å². The molecule has 2 aromatic carbocycles. The highest BCUT2D eigenvalue weighted by Gasteiger charge is 2.33. The van der Waals surface area contributed by atoms with Crippen molar-refractivity contribution in [2.24, 2.45) is 0 Å². The number of hydrogen-bond donors (Lipinski definition) is 1. The monoisotopic (exact) mass is 486 g/mol. The molecule has 0 radical (unpaired) electrons. The molecule has 0 amide bonds. The molecule has 1 saturated carbocycles. The van der Waals surface area contributed by atoms with Gasteiger partial charge in [0.15, 0.2) is 0 Å². The lowest BCUT2D eigenvalue weighted by molar-refractivity contribution is -0.144. The summed E-state index contributed by atoms with van der Waals surface area (Å²) in [5.74, 6) is -0.898. The molecule has 2 aromatic rings. The molecule has 1 fully saturated rings. The van der Waals surface area contributed by atoms with Crippen molar-refractivity contribution in [3.63, 3.8) is 0 Å². The number of hydrogen-bond acceptors (Lipinski definition) is 4. The largest absolute Gasteiger partial charge is 0.480 e. The molecule has 1 N–H and O–H groups in total. The normalized spacial score (nSPS) is 21.7. The summed E-state index contributed by atoms with van der Waals surface area (Å²) in [6.45, 7) is 13.3. The molecule has 1 aliphatic carbocycles. The van der Waals surface area contributed by atoms with E-state index < -0.39 is 5.97 Å². The molecule has 0 heterocycles. The van der Waals surface area contributed by atoms with Gasteiger partial charge in [0.25, 0.3) is 0 Å². The van der Waals surface area contributed by atoms with E-state index in [2.05, 4.69) is 90.1 Å². The van der Waals surface area contributed by atoms with Crippen molar-refractivity contribution in [1.82, 2.24) is 0 Å². The van der Waals surface area contributed by atoms with Crippen molar-refractivity contribution in [3.8, 4) is 0 Å². The van der Waals surface area contributed by atoms with Crippen molar-refractivity contribution >= 4 is 29.5 Å². The van der Waals surface area contributed by atoms with Crippen molar-refractivity contribution in [1.29, 1.82) is 0 Å². The van der Waals surface area contributed by atoms with Crippen LogP contribution >= 0.6 is 23.5 Å². The molecule has 180 valence electrons. The van der Waals surface area contributed by atoms with Gasteiger partial charge >= 0.3 is 5.97 Å². The average Bonchev–Trinajstić information content (AvgIpc) is 2.71. The molecule has 2 atom stereocenters. The first-order chi connectivity index (χ1) is 15.4. The van der Waals surface area contributed by atoms with E-state index in [-0.39, 0.29) is 23.5 Å². The van der Waals surface area contributed by atoms with Gasteiger partial charge in [-0.1, -0.05) is 77.9 Å². The lowest BCUT2D eigenvalue weighted by Gasteiger charge is -2.35. The zero-order valence-corrected chi connectivity index (χ0v) is 22.4. The molecule has 3 rings (SSSR count). The average molecular weight is 487 g/mol. The Kier molecular flexibility index (Phi) is 8.63. The van der Waals surface area contributed by atoms with Crippen LogP contribution in [0.1, 0.15) is 71.9 Å². The van der Waals surface area contributed by atoms with Crippen LogP contribution in [0.5, 0.6) is 0 Å². The molecule has 0 spiro atoms. The number of benzene rings is 2. The number of carbonyl (C=O) groups is 1. The molecule has 1 aliphatic rings. The van der Waals surface area contributed by atoms with Gasteiger partial charge in [0.05, 0.1) is 6.10 Å². The predicted molar refractivity (Wildman–Crippen MR) is 141 cm³/mol. The molecule has 33 heavy (non-hydrogen) atoms. The molecule has 2 unspecified atom stereocenters. The summed E-state index contributed by atoms with van der Waals surface area (Å²) in [6, 6.07) is 17.4. The molecular formula is C28H38O3S2. The minimum Gasteiger partial charge on any atom is -0.480 e. The maximum Gasteiger partial charge on any atom is 0.329 e. The first-order valence-electron chi connectivity index (χ1n) is 11.8. The highest BCUT2D eigenvalue weighted by Crippen LogP contribution is 2.45. The lowest BCUT2D eigenvalue weighted by atomic mass is 9.87. The first kappa shape index (κ1) is 26.2. The third kappa shape index (κ3) is 7.53. The van der Waals surface area contributed by atoms with Gasteiger partial charge in [-0.15, -0.1) is 23.5 Å². The Bertz CT molecular complexity index is 875. The number of carboxylic acids is 1. The second kappa shape index (κ2) is 10.9. The number of thioether (sulfide) groups is 2. The molecule has 0 aliphatic heterocycles. The lowest BCUT2D eigenvalue weighted by Crippen LogP contribution is -2.33. The van der Waals surface area contributed by atoms with Crippen molar-refractivity contribution in [2.45, 2.75) is 98.0 Å². The Labute approximate surface area is 208 Å². The van der Waals surface area contributed by atoms with Crippen LogP contribution in [-0.4, -0.2) is 34.3 Å². The molecule has 5 heteroatoms. The van der Waals surface area contributed by atoms with E-state index >= 15 is 0 Å². The van der Waals surface area contributed by atoms with Crippen LogP contribution in [0, 0.1) is 0 Å². The molecule has 0 saturated heterocycles. The van der Waals surface area contributed by atoms with E-state index in [1.807, 2.05) is 23.5 Å². The summed E-state index contributed by atoms with van der Waals surface area (Å²) >= 11 is 3.88. The van der Waals surface area contributed by atoms with Gasteiger partial charge in [-0.3, -0.25) is 0 Å². The Morgan fingerprint density at radius 1 is 0.818 bits per heavy atom. The second-order valence-electron chi connectivity index (χ2n) is 11.0. The maximum absolute atomic E-state index is 11.2. The van der Waals surface area contributed by atoms with E-state index in [1.54, 1.807) is 0 Å². The minimum absolute atomic E-state index is 0.0338. The molecular weight excluding hydrogens is 448 g/mol. The number of ether oxygens (including phenoxy) is 1. The van der Waals surface area contributed by atoms with Crippen LogP contribution in [0.4, 0.5) is 0 Å². The van der Waals surface area contributed by atoms with Crippen LogP contribution in [0.2, 0.25) is 0 Å². The van der Waals surface area contributed by atoms with Gasteiger partial charge in [-0.05, 0) is 53.4 Å².